The van der Waals surface area contributed by atoms with Crippen molar-refractivity contribution in [3.63, 3.8) is 0 Å². The maximum Gasteiger partial charge on any atom is 0.326 e. The van der Waals surface area contributed by atoms with Gasteiger partial charge in [0.05, 0.1) is 0 Å². The van der Waals surface area contributed by atoms with Crippen molar-refractivity contribution in [2.45, 2.75) is 25.3 Å². The van der Waals surface area contributed by atoms with Gasteiger partial charge in [-0.25, -0.2) is 4.79 Å². The summed E-state index contributed by atoms with van der Waals surface area (Å²) in [5.41, 5.74) is 0. The summed E-state index contributed by atoms with van der Waals surface area (Å²) >= 11 is 0. The highest BCUT2D eigenvalue weighted by atomic mass is 16.4. The van der Waals surface area contributed by atoms with E-state index in [0.29, 0.717) is 25.8 Å². The molecule has 6 heteroatoms. The molecule has 18 heavy (non-hydrogen) atoms. The van der Waals surface area contributed by atoms with Crippen LogP contribution in [0.3, 0.4) is 0 Å². The van der Waals surface area contributed by atoms with Gasteiger partial charge in [-0.2, -0.15) is 0 Å². The minimum atomic E-state index is -1.08. The van der Waals surface area contributed by atoms with Crippen molar-refractivity contribution in [1.29, 1.82) is 0 Å². The van der Waals surface area contributed by atoms with E-state index in [2.05, 4.69) is 23.8 Å². The van der Waals surface area contributed by atoms with Crippen molar-refractivity contribution in [3.05, 3.63) is 25.3 Å². The molecule has 100 valence electrons. The maximum absolute atomic E-state index is 11.0. The lowest BCUT2D eigenvalue weighted by molar-refractivity contribution is -0.141. The van der Waals surface area contributed by atoms with E-state index >= 15 is 0 Å². The number of amides is 2. The highest BCUT2D eigenvalue weighted by molar-refractivity contribution is 5.90. The number of carboxylic acid groups (broad SMARTS) is 1. The number of unbranched alkanes of at least 4 members (excludes halogenated alkanes) is 1. The molecule has 0 heterocycles. The molecule has 0 rings (SSSR count). The van der Waals surface area contributed by atoms with Crippen molar-refractivity contribution < 1.29 is 19.5 Å². The lowest BCUT2D eigenvalue weighted by atomic mass is 10.1. The number of hydrogen-bond acceptors (Lipinski definition) is 3. The van der Waals surface area contributed by atoms with Gasteiger partial charge in [-0.1, -0.05) is 13.2 Å². The molecular formula is C12H18N2O4. The van der Waals surface area contributed by atoms with Gasteiger partial charge in [-0.15, -0.1) is 0 Å². The zero-order chi connectivity index (χ0) is 14.0. The van der Waals surface area contributed by atoms with E-state index in [1.54, 1.807) is 0 Å². The number of carbonyl (C=O) groups is 3. The van der Waals surface area contributed by atoms with E-state index in [-0.39, 0.29) is 5.91 Å². The fourth-order valence-electron chi connectivity index (χ4n) is 1.25. The van der Waals surface area contributed by atoms with Crippen LogP contribution < -0.4 is 10.6 Å². The Labute approximate surface area is 106 Å². The average molecular weight is 254 g/mol. The summed E-state index contributed by atoms with van der Waals surface area (Å²) in [5.74, 6) is -1.85. The number of carboxylic acids is 1. The Kier molecular flexibility index (Phi) is 7.92. The van der Waals surface area contributed by atoms with Crippen LogP contribution in [0.4, 0.5) is 0 Å². The Morgan fingerprint density at radius 2 is 1.72 bits per heavy atom. The fraction of sp³-hybridized carbons (Fsp3) is 0.417. The van der Waals surface area contributed by atoms with Crippen LogP contribution in [-0.4, -0.2) is 35.5 Å². The second kappa shape index (κ2) is 8.98. The third kappa shape index (κ3) is 7.21. The molecule has 2 amide bonds. The molecule has 0 aromatic heterocycles. The molecule has 0 aromatic rings. The lowest BCUT2D eigenvalue weighted by Crippen LogP contribution is -2.39. The molecule has 1 unspecified atom stereocenters. The van der Waals surface area contributed by atoms with Crippen molar-refractivity contribution in [1.82, 2.24) is 10.6 Å². The SMILES string of the molecule is C=CC(=O)NCCCCC(NC(=O)C=C)C(=O)O. The first-order chi connectivity index (χ1) is 8.51. The summed E-state index contributed by atoms with van der Waals surface area (Å²) < 4.78 is 0. The quantitative estimate of drug-likeness (QED) is 0.405. The average Bonchev–Trinajstić information content (AvgIpc) is 2.35. The lowest BCUT2D eigenvalue weighted by Gasteiger charge is -2.12. The molecule has 6 nitrogen and oxygen atoms in total. The fourth-order valence-corrected chi connectivity index (χ4v) is 1.25. The zero-order valence-corrected chi connectivity index (χ0v) is 10.1. The van der Waals surface area contributed by atoms with E-state index in [0.717, 1.165) is 6.08 Å². The number of rotatable bonds is 9. The summed E-state index contributed by atoms with van der Waals surface area (Å²) in [6.07, 6.45) is 3.71. The van der Waals surface area contributed by atoms with Gasteiger partial charge < -0.3 is 15.7 Å². The third-order valence-corrected chi connectivity index (χ3v) is 2.20. The van der Waals surface area contributed by atoms with Crippen LogP contribution in [0.5, 0.6) is 0 Å². The van der Waals surface area contributed by atoms with Gasteiger partial charge in [0.15, 0.2) is 0 Å². The molecule has 0 aliphatic rings. The molecular weight excluding hydrogens is 236 g/mol. The van der Waals surface area contributed by atoms with Gasteiger partial charge in [-0.3, -0.25) is 9.59 Å². The number of carbonyl (C=O) groups excluding carboxylic acids is 2. The molecule has 3 N–H and O–H groups in total. The zero-order valence-electron chi connectivity index (χ0n) is 10.1. The summed E-state index contributed by atoms with van der Waals surface area (Å²) in [6, 6.07) is -0.925. The van der Waals surface area contributed by atoms with Crippen molar-refractivity contribution in [2.75, 3.05) is 6.54 Å². The Morgan fingerprint density at radius 3 is 2.22 bits per heavy atom. The second-order valence-corrected chi connectivity index (χ2v) is 3.59. The number of aliphatic carboxylic acids is 1. The summed E-state index contributed by atoms with van der Waals surface area (Å²) in [7, 11) is 0. The summed E-state index contributed by atoms with van der Waals surface area (Å²) in [4.78, 5) is 32.6. The minimum Gasteiger partial charge on any atom is -0.480 e. The third-order valence-electron chi connectivity index (χ3n) is 2.20. The van der Waals surface area contributed by atoms with Gasteiger partial charge >= 0.3 is 5.97 Å². The van der Waals surface area contributed by atoms with Crippen LogP contribution in [0.25, 0.3) is 0 Å². The Balaban J connectivity index is 3.87. The molecule has 0 aliphatic carbocycles. The molecule has 0 aliphatic heterocycles. The molecule has 0 radical (unpaired) electrons. The molecule has 0 saturated carbocycles. The minimum absolute atomic E-state index is 0.259. The number of hydrogen-bond donors (Lipinski definition) is 3. The van der Waals surface area contributed by atoms with Crippen molar-refractivity contribution >= 4 is 17.8 Å². The topological polar surface area (TPSA) is 95.5 Å². The van der Waals surface area contributed by atoms with E-state index in [4.69, 9.17) is 5.11 Å². The first-order valence-electron chi connectivity index (χ1n) is 5.57. The van der Waals surface area contributed by atoms with Crippen LogP contribution >= 0.6 is 0 Å². The Morgan fingerprint density at radius 1 is 1.11 bits per heavy atom. The highest BCUT2D eigenvalue weighted by Crippen LogP contribution is 2.01. The van der Waals surface area contributed by atoms with Crippen LogP contribution in [0.1, 0.15) is 19.3 Å². The first kappa shape index (κ1) is 15.9. The molecule has 0 saturated heterocycles. The van der Waals surface area contributed by atoms with Gasteiger partial charge in [0.1, 0.15) is 6.04 Å². The first-order valence-corrected chi connectivity index (χ1v) is 5.57. The predicted octanol–water partition coefficient (Wildman–Crippen LogP) is 0.214. The second-order valence-electron chi connectivity index (χ2n) is 3.59. The monoisotopic (exact) mass is 254 g/mol. The van der Waals surface area contributed by atoms with Gasteiger partial charge in [0.2, 0.25) is 11.8 Å². The Bertz CT molecular complexity index is 339. The highest BCUT2D eigenvalue weighted by Gasteiger charge is 2.17. The largest absolute Gasteiger partial charge is 0.480 e. The maximum atomic E-state index is 11.0. The van der Waals surface area contributed by atoms with E-state index < -0.39 is 17.9 Å². The summed E-state index contributed by atoms with van der Waals surface area (Å²) in [5, 5.41) is 13.8. The number of nitrogens with one attached hydrogen (secondary N) is 2. The van der Waals surface area contributed by atoms with E-state index in [9.17, 15) is 14.4 Å². The van der Waals surface area contributed by atoms with E-state index in [1.165, 1.54) is 6.08 Å². The Hall–Kier alpha value is -2.11. The van der Waals surface area contributed by atoms with Crippen molar-refractivity contribution in [2.24, 2.45) is 0 Å². The standard InChI is InChI=1S/C12H18N2O4/c1-3-10(15)13-8-6-5-7-9(12(17)18)14-11(16)4-2/h3-4,9H,1-2,5-8H2,(H,13,15)(H,14,16)(H,17,18). The molecule has 1 atom stereocenters. The van der Waals surface area contributed by atoms with Crippen molar-refractivity contribution in [3.8, 4) is 0 Å². The van der Waals surface area contributed by atoms with Gasteiger partial charge in [0.25, 0.3) is 0 Å². The van der Waals surface area contributed by atoms with Crippen LogP contribution in [0, 0.1) is 0 Å². The van der Waals surface area contributed by atoms with E-state index in [1.807, 2.05) is 0 Å². The summed E-state index contributed by atoms with van der Waals surface area (Å²) in [6.45, 7) is 7.01. The van der Waals surface area contributed by atoms with Gasteiger partial charge in [0, 0.05) is 6.54 Å². The van der Waals surface area contributed by atoms with Gasteiger partial charge in [-0.05, 0) is 31.4 Å². The van der Waals surface area contributed by atoms with Crippen LogP contribution in [0.2, 0.25) is 0 Å². The van der Waals surface area contributed by atoms with Crippen LogP contribution in [-0.2, 0) is 14.4 Å². The molecule has 0 aromatic carbocycles. The normalized spacial score (nSPS) is 11.1. The van der Waals surface area contributed by atoms with Crippen LogP contribution in [0.15, 0.2) is 25.3 Å². The smallest absolute Gasteiger partial charge is 0.326 e. The molecule has 0 spiro atoms. The molecule has 0 bridgehead atoms. The predicted molar refractivity (Wildman–Crippen MR) is 66.8 cm³/mol. The molecule has 0 fully saturated rings.